The van der Waals surface area contributed by atoms with Crippen LogP contribution in [0.15, 0.2) is 63.3 Å². The van der Waals surface area contributed by atoms with Crippen LogP contribution in [-0.2, 0) is 14.3 Å². The summed E-state index contributed by atoms with van der Waals surface area (Å²) in [6.07, 6.45) is 0.346. The van der Waals surface area contributed by atoms with Gasteiger partial charge in [0, 0.05) is 16.2 Å². The maximum absolute atomic E-state index is 12.4. The summed E-state index contributed by atoms with van der Waals surface area (Å²) in [6.45, 7) is 2.00. The van der Waals surface area contributed by atoms with Crippen molar-refractivity contribution in [3.8, 4) is 0 Å². The Bertz CT molecular complexity index is 946. The average Bonchev–Trinajstić information content (AvgIpc) is 2.79. The molecule has 10 heteroatoms. The molecule has 0 aliphatic heterocycles. The van der Waals surface area contributed by atoms with Crippen molar-refractivity contribution < 1.29 is 23.9 Å². The van der Waals surface area contributed by atoms with E-state index < -0.39 is 12.2 Å². The van der Waals surface area contributed by atoms with Gasteiger partial charge in [-0.3, -0.25) is 15.4 Å². The Morgan fingerprint density at radius 1 is 0.938 bits per heavy atom. The van der Waals surface area contributed by atoms with E-state index in [0.717, 1.165) is 22.6 Å². The minimum Gasteiger partial charge on any atom is -0.453 e. The SMILES string of the molecule is CCCCC(=O)Nc1cc(Sc2ccccc2)ccc1N=C(NC(=O)OC)NC(=O)OC. The number of nitrogens with one attached hydrogen (secondary N) is 3. The van der Waals surface area contributed by atoms with Crippen molar-refractivity contribution in [1.82, 2.24) is 10.6 Å². The molecule has 2 aromatic carbocycles. The summed E-state index contributed by atoms with van der Waals surface area (Å²) in [4.78, 5) is 41.9. The fraction of sp³-hybridized carbons (Fsp3) is 0.273. The van der Waals surface area contributed by atoms with Gasteiger partial charge < -0.3 is 14.8 Å². The number of aliphatic imine (C=N–C) groups is 1. The summed E-state index contributed by atoms with van der Waals surface area (Å²) in [5, 5.41) is 7.48. The van der Waals surface area contributed by atoms with Crippen LogP contribution >= 0.6 is 11.8 Å². The summed E-state index contributed by atoms with van der Waals surface area (Å²) in [5.41, 5.74) is 0.762. The minimum absolute atomic E-state index is 0.159. The lowest BCUT2D eigenvalue weighted by Crippen LogP contribution is -2.43. The maximum atomic E-state index is 12.4. The van der Waals surface area contributed by atoms with Crippen molar-refractivity contribution in [3.05, 3.63) is 48.5 Å². The Morgan fingerprint density at radius 2 is 1.59 bits per heavy atom. The quantitative estimate of drug-likeness (QED) is 0.410. The number of carbonyl (C=O) groups is 3. The molecule has 0 spiro atoms. The Balaban J connectivity index is 2.39. The van der Waals surface area contributed by atoms with Crippen LogP contribution in [0, 0.1) is 0 Å². The van der Waals surface area contributed by atoms with Gasteiger partial charge in [0.2, 0.25) is 11.9 Å². The van der Waals surface area contributed by atoms with Gasteiger partial charge >= 0.3 is 12.2 Å². The molecule has 0 radical (unpaired) electrons. The van der Waals surface area contributed by atoms with Crippen LogP contribution in [-0.4, -0.2) is 38.3 Å². The number of carbonyl (C=O) groups excluding carboxylic acids is 3. The zero-order valence-electron chi connectivity index (χ0n) is 18.1. The van der Waals surface area contributed by atoms with E-state index in [-0.39, 0.29) is 11.9 Å². The largest absolute Gasteiger partial charge is 0.453 e. The molecule has 0 unspecified atom stereocenters. The zero-order valence-corrected chi connectivity index (χ0v) is 19.0. The number of amides is 3. The number of guanidine groups is 1. The van der Waals surface area contributed by atoms with Crippen molar-refractivity contribution in [1.29, 1.82) is 0 Å². The van der Waals surface area contributed by atoms with Gasteiger partial charge in [-0.2, -0.15) is 0 Å². The number of hydrogen-bond acceptors (Lipinski definition) is 7. The van der Waals surface area contributed by atoms with Crippen molar-refractivity contribution in [2.45, 2.75) is 36.0 Å². The van der Waals surface area contributed by atoms with E-state index in [1.54, 1.807) is 12.1 Å². The van der Waals surface area contributed by atoms with Gasteiger partial charge in [-0.15, -0.1) is 0 Å². The molecule has 32 heavy (non-hydrogen) atoms. The second-order valence-corrected chi connectivity index (χ2v) is 7.59. The molecule has 0 heterocycles. The third kappa shape index (κ3) is 8.31. The first-order valence-electron chi connectivity index (χ1n) is 9.90. The van der Waals surface area contributed by atoms with Crippen molar-refractivity contribution in [3.63, 3.8) is 0 Å². The summed E-state index contributed by atoms with van der Waals surface area (Å²) in [6, 6.07) is 15.1. The number of methoxy groups -OCH3 is 2. The van der Waals surface area contributed by atoms with Crippen LogP contribution in [0.5, 0.6) is 0 Å². The molecule has 0 aromatic heterocycles. The van der Waals surface area contributed by atoms with Gasteiger partial charge in [-0.1, -0.05) is 43.3 Å². The molecular weight excluding hydrogens is 432 g/mol. The van der Waals surface area contributed by atoms with Crippen molar-refractivity contribution in [2.24, 2.45) is 4.99 Å². The van der Waals surface area contributed by atoms with Gasteiger partial charge in [0.15, 0.2) is 0 Å². The fourth-order valence-electron chi connectivity index (χ4n) is 2.45. The van der Waals surface area contributed by atoms with E-state index in [0.29, 0.717) is 17.8 Å². The molecule has 9 nitrogen and oxygen atoms in total. The summed E-state index contributed by atoms with van der Waals surface area (Å²) < 4.78 is 9.12. The predicted octanol–water partition coefficient (Wildman–Crippen LogP) is 4.67. The Morgan fingerprint density at radius 3 is 2.19 bits per heavy atom. The lowest BCUT2D eigenvalue weighted by atomic mass is 10.2. The predicted molar refractivity (Wildman–Crippen MR) is 123 cm³/mol. The molecule has 170 valence electrons. The first-order valence-corrected chi connectivity index (χ1v) is 10.7. The lowest BCUT2D eigenvalue weighted by molar-refractivity contribution is -0.116. The Kier molecular flexibility index (Phi) is 10.1. The molecule has 0 atom stereocenters. The molecule has 3 amide bonds. The van der Waals surface area contributed by atoms with Crippen LogP contribution in [0.25, 0.3) is 0 Å². The molecule has 3 N–H and O–H groups in total. The van der Waals surface area contributed by atoms with Gasteiger partial charge in [-0.05, 0) is 36.8 Å². The third-order valence-corrected chi connectivity index (χ3v) is 5.02. The van der Waals surface area contributed by atoms with Gasteiger partial charge in [-0.25, -0.2) is 14.6 Å². The number of hydrogen-bond donors (Lipinski definition) is 3. The highest BCUT2D eigenvalue weighted by Gasteiger charge is 2.14. The second-order valence-electron chi connectivity index (χ2n) is 6.44. The van der Waals surface area contributed by atoms with E-state index in [2.05, 4.69) is 30.4 Å². The molecule has 0 saturated carbocycles. The molecule has 2 aromatic rings. The lowest BCUT2D eigenvalue weighted by Gasteiger charge is -2.13. The summed E-state index contributed by atoms with van der Waals surface area (Å²) >= 11 is 1.52. The molecule has 2 rings (SSSR count). The van der Waals surface area contributed by atoms with Crippen LogP contribution in [0.2, 0.25) is 0 Å². The third-order valence-electron chi connectivity index (χ3n) is 4.02. The van der Waals surface area contributed by atoms with Crippen LogP contribution in [0.3, 0.4) is 0 Å². The van der Waals surface area contributed by atoms with Gasteiger partial charge in [0.1, 0.15) is 0 Å². The molecule has 0 aliphatic carbocycles. The van der Waals surface area contributed by atoms with Crippen molar-refractivity contribution >= 4 is 47.2 Å². The number of anilines is 1. The summed E-state index contributed by atoms with van der Waals surface area (Å²) in [7, 11) is 2.36. The van der Waals surface area contributed by atoms with E-state index in [4.69, 9.17) is 0 Å². The molecule has 0 fully saturated rings. The van der Waals surface area contributed by atoms with E-state index in [1.165, 1.54) is 26.0 Å². The van der Waals surface area contributed by atoms with E-state index >= 15 is 0 Å². The van der Waals surface area contributed by atoms with Crippen LogP contribution < -0.4 is 16.0 Å². The van der Waals surface area contributed by atoms with Gasteiger partial charge in [0.05, 0.1) is 25.6 Å². The average molecular weight is 459 g/mol. The monoisotopic (exact) mass is 458 g/mol. The second kappa shape index (κ2) is 13.0. The number of unbranched alkanes of at least 4 members (excludes halogenated alkanes) is 1. The standard InChI is InChI=1S/C22H26N4O5S/c1-4-5-11-19(27)23-18-14-16(32-15-9-7-6-8-10-15)12-13-17(18)24-20(25-21(28)30-2)26-22(29)31-3/h6-10,12-14H,4-5,11H2,1-3H3,(H,23,27)(H2,24,25,26,28,29). The number of nitrogens with zero attached hydrogens (tertiary/aromatic N) is 1. The first-order chi connectivity index (χ1) is 15.4. The van der Waals surface area contributed by atoms with Crippen LogP contribution in [0.4, 0.5) is 21.0 Å². The highest BCUT2D eigenvalue weighted by atomic mass is 32.2. The van der Waals surface area contributed by atoms with Gasteiger partial charge in [0.25, 0.3) is 0 Å². The normalized spacial score (nSPS) is 9.97. The number of alkyl carbamates (subject to hydrolysis) is 2. The van der Waals surface area contributed by atoms with Crippen molar-refractivity contribution in [2.75, 3.05) is 19.5 Å². The fourth-order valence-corrected chi connectivity index (χ4v) is 3.33. The van der Waals surface area contributed by atoms with Crippen LogP contribution in [0.1, 0.15) is 26.2 Å². The molecule has 0 aliphatic rings. The first kappa shape index (κ1) is 24.7. The number of rotatable bonds is 7. The Hall–Kier alpha value is -3.53. The van der Waals surface area contributed by atoms with E-state index in [1.807, 2.05) is 43.3 Å². The summed E-state index contributed by atoms with van der Waals surface area (Å²) in [5.74, 6) is -0.371. The Labute approximate surface area is 191 Å². The highest BCUT2D eigenvalue weighted by molar-refractivity contribution is 7.99. The number of benzene rings is 2. The molecular formula is C22H26N4O5S. The highest BCUT2D eigenvalue weighted by Crippen LogP contribution is 2.34. The smallest absolute Gasteiger partial charge is 0.413 e. The molecule has 0 bridgehead atoms. The topological polar surface area (TPSA) is 118 Å². The number of ether oxygens (including phenoxy) is 2. The molecule has 0 saturated heterocycles. The zero-order chi connectivity index (χ0) is 23.3. The minimum atomic E-state index is -0.829. The maximum Gasteiger partial charge on any atom is 0.413 e. The van der Waals surface area contributed by atoms with E-state index in [9.17, 15) is 14.4 Å².